The molecule has 13 nitrogen and oxygen atoms in total. The first-order valence-corrected chi connectivity index (χ1v) is 22.0. The number of methoxy groups -OCH3 is 1. The molecule has 0 spiro atoms. The summed E-state index contributed by atoms with van der Waals surface area (Å²) in [6.45, 7) is 6.91. The Bertz CT molecular complexity index is 2480. The number of phenolic OH excluding ortho intramolecular Hbond substituents is 1. The van der Waals surface area contributed by atoms with E-state index in [0.29, 0.717) is 28.9 Å². The van der Waals surface area contributed by atoms with E-state index in [1.165, 1.54) is 75.8 Å². The number of anilines is 1. The molecule has 2 fully saturated rings. The predicted molar refractivity (Wildman–Crippen MR) is 231 cm³/mol. The van der Waals surface area contributed by atoms with E-state index in [0.717, 1.165) is 43.3 Å². The second-order valence-corrected chi connectivity index (χ2v) is 17.4. The number of rotatable bonds is 15. The van der Waals surface area contributed by atoms with Crippen LogP contribution in [0.1, 0.15) is 67.9 Å². The third-order valence-corrected chi connectivity index (χ3v) is 13.4. The van der Waals surface area contributed by atoms with E-state index in [-0.39, 0.29) is 45.0 Å². The van der Waals surface area contributed by atoms with Crippen LogP contribution in [0.2, 0.25) is 0 Å². The monoisotopic (exact) mass is 835 g/mol. The molecule has 60 heavy (non-hydrogen) atoms. The second kappa shape index (κ2) is 19.3. The van der Waals surface area contributed by atoms with Crippen molar-refractivity contribution < 1.29 is 32.9 Å². The van der Waals surface area contributed by atoms with E-state index in [1.807, 2.05) is 12.1 Å². The number of ether oxygens (including phenoxy) is 2. The number of aliphatic hydroxyl groups excluding tert-OH is 1. The van der Waals surface area contributed by atoms with Crippen LogP contribution in [0.3, 0.4) is 0 Å². The first-order chi connectivity index (χ1) is 29.0. The van der Waals surface area contributed by atoms with Gasteiger partial charge in [-0.05, 0) is 91.1 Å². The number of aliphatic hydroxyl groups is 1. The number of pyridine rings is 1. The van der Waals surface area contributed by atoms with E-state index in [2.05, 4.69) is 32.3 Å². The van der Waals surface area contributed by atoms with Crippen LogP contribution in [0.25, 0.3) is 10.9 Å². The Morgan fingerprint density at radius 3 is 2.45 bits per heavy atom. The standard InChI is InChI=1S/C46H53N5O8S/c1-31(50-22-24-51(25-23-50)34-7-4-3-5-8-34)33-12-14-36(15-13-33)60(56,57)37-10-6-9-35(28-37)59-26-21-45(55)48-40-18-11-32(27-43(40)58-2)29-47-30-42(53)38-16-19-41(52)46-39(38)17-20-44(54)49-46/h6,9-21,26-28,31,34,42,47,52-53H,3-5,7-8,22-25,29-30H2,1-2H3,(H,48,55)(H,49,54)/t31-,42-/m0/s1. The first kappa shape index (κ1) is 42.6. The van der Waals surface area contributed by atoms with Gasteiger partial charge in [-0.1, -0.05) is 49.6 Å². The van der Waals surface area contributed by atoms with Crippen LogP contribution in [0.15, 0.2) is 118 Å². The van der Waals surface area contributed by atoms with E-state index in [4.69, 9.17) is 9.47 Å². The number of sulfone groups is 1. The highest BCUT2D eigenvalue weighted by Gasteiger charge is 2.28. The number of nitrogens with zero attached hydrogens (tertiary/aromatic N) is 2. The number of hydrogen-bond acceptors (Lipinski definition) is 11. The lowest BCUT2D eigenvalue weighted by atomic mass is 9.93. The molecule has 1 aliphatic heterocycles. The van der Waals surface area contributed by atoms with E-state index >= 15 is 0 Å². The minimum Gasteiger partial charge on any atom is -0.506 e. The lowest BCUT2D eigenvalue weighted by Crippen LogP contribution is -2.51. The van der Waals surface area contributed by atoms with Crippen molar-refractivity contribution in [2.24, 2.45) is 0 Å². The molecule has 1 aromatic heterocycles. The summed E-state index contributed by atoms with van der Waals surface area (Å²) in [7, 11) is -2.34. The number of benzene rings is 4. The number of carbonyl (C=O) groups excluding carboxylic acids is 1. The topological polar surface area (TPSA) is 174 Å². The van der Waals surface area contributed by atoms with Crippen LogP contribution in [-0.4, -0.2) is 85.2 Å². The first-order valence-electron chi connectivity index (χ1n) is 20.5. The van der Waals surface area contributed by atoms with Gasteiger partial charge in [-0.25, -0.2) is 8.42 Å². The molecule has 7 rings (SSSR count). The van der Waals surface area contributed by atoms with Crippen LogP contribution in [0.5, 0.6) is 17.2 Å². The van der Waals surface area contributed by atoms with E-state index in [1.54, 1.807) is 54.6 Å². The molecule has 5 N–H and O–H groups in total. The van der Waals surface area contributed by atoms with Gasteiger partial charge in [-0.2, -0.15) is 0 Å². The molecule has 14 heteroatoms. The predicted octanol–water partition coefficient (Wildman–Crippen LogP) is 6.44. The zero-order valence-corrected chi connectivity index (χ0v) is 34.8. The van der Waals surface area contributed by atoms with Crippen LogP contribution >= 0.6 is 0 Å². The van der Waals surface area contributed by atoms with Crippen LogP contribution < -0.4 is 25.7 Å². The SMILES string of the molecule is COc1cc(CNC[C@H](O)c2ccc(O)c3[nH]c(=O)ccc23)ccc1NC(=O)C=COc1cccc(S(=O)(=O)c2ccc([C@H](C)N3CCN(C4CCCCC4)CC3)cc2)c1. The zero-order chi connectivity index (χ0) is 42.2. The van der Waals surface area contributed by atoms with Crippen molar-refractivity contribution in [2.45, 2.75) is 73.6 Å². The average molecular weight is 836 g/mol. The number of fused-ring (bicyclic) bond motifs is 1. The molecule has 1 saturated carbocycles. The van der Waals surface area contributed by atoms with Crippen LogP contribution in [0, 0.1) is 0 Å². The van der Waals surface area contributed by atoms with Crippen molar-refractivity contribution in [2.75, 3.05) is 45.2 Å². The molecule has 0 radical (unpaired) electrons. The second-order valence-electron chi connectivity index (χ2n) is 15.5. The Labute approximate surface area is 350 Å². The molecule has 0 unspecified atom stereocenters. The van der Waals surface area contributed by atoms with Gasteiger partial charge in [0, 0.05) is 68.9 Å². The fraction of sp³-hybridized carbons (Fsp3) is 0.348. The number of hydrogen-bond donors (Lipinski definition) is 5. The van der Waals surface area contributed by atoms with Gasteiger partial charge < -0.3 is 35.3 Å². The molecule has 5 aromatic rings. The lowest BCUT2D eigenvalue weighted by molar-refractivity contribution is -0.112. The van der Waals surface area contributed by atoms with Crippen LogP contribution in [0.4, 0.5) is 5.69 Å². The molecular formula is C46H53N5O8S. The van der Waals surface area contributed by atoms with E-state index in [9.17, 15) is 28.2 Å². The summed E-state index contributed by atoms with van der Waals surface area (Å²) >= 11 is 0. The Morgan fingerprint density at radius 2 is 1.70 bits per heavy atom. The fourth-order valence-electron chi connectivity index (χ4n) is 8.23. The quantitative estimate of drug-likeness (QED) is 0.0581. The van der Waals surface area contributed by atoms with Gasteiger partial charge in [0.1, 0.15) is 17.2 Å². The van der Waals surface area contributed by atoms with Crippen molar-refractivity contribution in [1.29, 1.82) is 0 Å². The Morgan fingerprint density at radius 1 is 0.933 bits per heavy atom. The van der Waals surface area contributed by atoms with Crippen molar-refractivity contribution in [1.82, 2.24) is 20.1 Å². The molecule has 2 heterocycles. The number of nitrogens with one attached hydrogen (secondary N) is 3. The molecule has 4 aromatic carbocycles. The van der Waals surface area contributed by atoms with E-state index < -0.39 is 21.8 Å². The largest absolute Gasteiger partial charge is 0.506 e. The average Bonchev–Trinajstić information content (AvgIpc) is 3.27. The minimum atomic E-state index is -3.83. The van der Waals surface area contributed by atoms with Gasteiger partial charge in [0.05, 0.1) is 40.5 Å². The van der Waals surface area contributed by atoms with Gasteiger partial charge in [0.2, 0.25) is 15.4 Å². The number of amides is 1. The van der Waals surface area contributed by atoms with Gasteiger partial charge in [0.25, 0.3) is 5.91 Å². The van der Waals surface area contributed by atoms with Gasteiger partial charge >= 0.3 is 0 Å². The normalized spacial score (nSPS) is 16.8. The molecule has 2 atom stereocenters. The molecule has 0 bridgehead atoms. The molecule has 1 saturated heterocycles. The number of aromatic nitrogens is 1. The molecule has 2 aliphatic rings. The summed E-state index contributed by atoms with van der Waals surface area (Å²) in [5.41, 5.74) is 2.79. The highest BCUT2D eigenvalue weighted by molar-refractivity contribution is 7.91. The molecule has 1 aliphatic carbocycles. The Balaban J connectivity index is 0.896. The highest BCUT2D eigenvalue weighted by atomic mass is 32.2. The zero-order valence-electron chi connectivity index (χ0n) is 34.0. The van der Waals surface area contributed by atoms with Crippen molar-refractivity contribution in [3.8, 4) is 17.2 Å². The number of piperazine rings is 1. The van der Waals surface area contributed by atoms with Crippen molar-refractivity contribution >= 4 is 32.3 Å². The summed E-state index contributed by atoms with van der Waals surface area (Å²) in [6, 6.07) is 25.5. The fourth-order valence-corrected chi connectivity index (χ4v) is 9.53. The molecular weight excluding hydrogens is 783 g/mol. The van der Waals surface area contributed by atoms with Gasteiger partial charge in [-0.3, -0.25) is 19.4 Å². The number of phenols is 1. The minimum absolute atomic E-state index is 0.0809. The number of aromatic amines is 1. The molecule has 1 amide bonds. The summed E-state index contributed by atoms with van der Waals surface area (Å²) in [6.07, 6.45) is 8.12. The maximum Gasteiger partial charge on any atom is 0.251 e. The smallest absolute Gasteiger partial charge is 0.251 e. The molecule has 316 valence electrons. The maximum absolute atomic E-state index is 13.6. The third kappa shape index (κ3) is 10.1. The van der Waals surface area contributed by atoms with Gasteiger partial charge in [0.15, 0.2) is 0 Å². The summed E-state index contributed by atoms with van der Waals surface area (Å²) in [4.78, 5) is 32.6. The third-order valence-electron chi connectivity index (χ3n) is 11.7. The Hall–Kier alpha value is -5.51. The summed E-state index contributed by atoms with van der Waals surface area (Å²) < 4.78 is 38.4. The summed E-state index contributed by atoms with van der Waals surface area (Å²) in [5.74, 6) is 0.0986. The van der Waals surface area contributed by atoms with Gasteiger partial charge in [-0.15, -0.1) is 0 Å². The van der Waals surface area contributed by atoms with Crippen molar-refractivity contribution in [3.63, 3.8) is 0 Å². The number of H-pyrrole nitrogens is 1. The van der Waals surface area contributed by atoms with Crippen LogP contribution in [-0.2, 0) is 21.2 Å². The maximum atomic E-state index is 13.6. The highest BCUT2D eigenvalue weighted by Crippen LogP contribution is 2.31. The van der Waals surface area contributed by atoms with Crippen molar-refractivity contribution in [3.05, 3.63) is 130 Å². The summed E-state index contributed by atoms with van der Waals surface area (Å²) in [5, 5.41) is 27.5. The number of carbonyl (C=O) groups is 1. The lowest BCUT2D eigenvalue weighted by Gasteiger charge is -2.42. The number of aromatic hydroxyl groups is 1. The Kier molecular flexibility index (Phi) is 13.7.